The molecule has 0 aliphatic carbocycles. The van der Waals surface area contributed by atoms with E-state index in [0.717, 1.165) is 38.8 Å². The second-order valence-corrected chi connectivity index (χ2v) is 7.74. The van der Waals surface area contributed by atoms with Crippen LogP contribution in [0.5, 0.6) is 11.5 Å². The predicted molar refractivity (Wildman–Crippen MR) is 134 cm³/mol. The highest BCUT2D eigenvalue weighted by Crippen LogP contribution is 2.32. The summed E-state index contributed by atoms with van der Waals surface area (Å²) in [6.45, 7) is 0. The SMILES string of the molecule is c1ccc(-c2nnc(Nc3ccc(Oc4ccnc5cccnc45)cc3)c3ccccc23)cc1. The molecule has 162 valence electrons. The third-order valence-corrected chi connectivity index (χ3v) is 5.54. The molecule has 6 nitrogen and oxygen atoms in total. The molecule has 3 aromatic carbocycles. The lowest BCUT2D eigenvalue weighted by Crippen LogP contribution is -1.99. The Balaban J connectivity index is 1.28. The predicted octanol–water partition coefficient (Wildman–Crippen LogP) is 6.78. The Labute approximate surface area is 195 Å². The quantitative estimate of drug-likeness (QED) is 0.318. The summed E-state index contributed by atoms with van der Waals surface area (Å²) < 4.78 is 6.07. The van der Waals surface area contributed by atoms with Crippen molar-refractivity contribution in [3.8, 4) is 22.8 Å². The zero-order valence-electron chi connectivity index (χ0n) is 18.1. The molecule has 0 amide bonds. The van der Waals surface area contributed by atoms with Crippen molar-refractivity contribution in [2.45, 2.75) is 0 Å². The Hall–Kier alpha value is -4.84. The first-order valence-electron chi connectivity index (χ1n) is 10.9. The zero-order chi connectivity index (χ0) is 22.7. The molecule has 0 radical (unpaired) electrons. The minimum atomic E-state index is 0.666. The largest absolute Gasteiger partial charge is 0.455 e. The second-order valence-electron chi connectivity index (χ2n) is 7.74. The highest BCUT2D eigenvalue weighted by atomic mass is 16.5. The maximum atomic E-state index is 6.07. The number of anilines is 2. The van der Waals surface area contributed by atoms with Crippen molar-refractivity contribution in [3.63, 3.8) is 0 Å². The topological polar surface area (TPSA) is 72.8 Å². The fraction of sp³-hybridized carbons (Fsp3) is 0. The molecule has 3 aromatic heterocycles. The van der Waals surface area contributed by atoms with Gasteiger partial charge in [-0.25, -0.2) is 0 Å². The highest BCUT2D eigenvalue weighted by Gasteiger charge is 2.11. The second kappa shape index (κ2) is 8.60. The van der Waals surface area contributed by atoms with Gasteiger partial charge in [0, 0.05) is 40.5 Å². The van der Waals surface area contributed by atoms with Gasteiger partial charge in [0.15, 0.2) is 11.6 Å². The van der Waals surface area contributed by atoms with Crippen LogP contribution in [0.3, 0.4) is 0 Å². The van der Waals surface area contributed by atoms with Gasteiger partial charge in [-0.3, -0.25) is 9.97 Å². The molecule has 0 aliphatic heterocycles. The molecule has 0 saturated carbocycles. The molecule has 0 atom stereocenters. The fourth-order valence-electron chi connectivity index (χ4n) is 3.91. The number of rotatable bonds is 5. The summed E-state index contributed by atoms with van der Waals surface area (Å²) in [5, 5.41) is 14.5. The van der Waals surface area contributed by atoms with Gasteiger partial charge in [0.25, 0.3) is 0 Å². The van der Waals surface area contributed by atoms with Crippen LogP contribution in [-0.2, 0) is 0 Å². The summed E-state index contributed by atoms with van der Waals surface area (Å²) in [5.41, 5.74) is 4.31. The van der Waals surface area contributed by atoms with Crippen molar-refractivity contribution in [2.75, 3.05) is 5.32 Å². The van der Waals surface area contributed by atoms with Crippen molar-refractivity contribution in [3.05, 3.63) is 109 Å². The molecule has 0 unspecified atom stereocenters. The van der Waals surface area contributed by atoms with Crippen molar-refractivity contribution in [1.82, 2.24) is 20.2 Å². The molecule has 0 saturated heterocycles. The lowest BCUT2D eigenvalue weighted by molar-refractivity contribution is 0.487. The van der Waals surface area contributed by atoms with Gasteiger partial charge in [-0.1, -0.05) is 54.6 Å². The molecular formula is C28H19N5O. The molecule has 0 fully saturated rings. The molecule has 6 aromatic rings. The van der Waals surface area contributed by atoms with Gasteiger partial charge in [-0.05, 0) is 36.4 Å². The molecule has 6 rings (SSSR count). The Morgan fingerprint density at radius 1 is 0.618 bits per heavy atom. The van der Waals surface area contributed by atoms with Crippen LogP contribution in [0, 0.1) is 0 Å². The summed E-state index contributed by atoms with van der Waals surface area (Å²) in [5.74, 6) is 2.08. The zero-order valence-corrected chi connectivity index (χ0v) is 18.1. The van der Waals surface area contributed by atoms with Crippen LogP contribution < -0.4 is 10.1 Å². The van der Waals surface area contributed by atoms with Crippen LogP contribution >= 0.6 is 0 Å². The van der Waals surface area contributed by atoms with Gasteiger partial charge in [0.1, 0.15) is 17.0 Å². The van der Waals surface area contributed by atoms with Crippen LogP contribution in [0.1, 0.15) is 0 Å². The van der Waals surface area contributed by atoms with E-state index in [-0.39, 0.29) is 0 Å². The average molecular weight is 441 g/mol. The molecule has 1 N–H and O–H groups in total. The van der Waals surface area contributed by atoms with Crippen LogP contribution in [0.4, 0.5) is 11.5 Å². The van der Waals surface area contributed by atoms with E-state index in [9.17, 15) is 0 Å². The summed E-state index contributed by atoms with van der Waals surface area (Å²) in [7, 11) is 0. The number of ether oxygens (including phenoxy) is 1. The van der Waals surface area contributed by atoms with Crippen molar-refractivity contribution < 1.29 is 4.74 Å². The number of nitrogens with zero attached hydrogens (tertiary/aromatic N) is 4. The number of nitrogens with one attached hydrogen (secondary N) is 1. The third-order valence-electron chi connectivity index (χ3n) is 5.54. The minimum absolute atomic E-state index is 0.666. The smallest absolute Gasteiger partial charge is 0.161 e. The highest BCUT2D eigenvalue weighted by molar-refractivity contribution is 6.00. The number of benzene rings is 3. The first-order chi connectivity index (χ1) is 16.8. The number of aromatic nitrogens is 4. The number of hydrogen-bond donors (Lipinski definition) is 1. The van der Waals surface area contributed by atoms with Gasteiger partial charge in [0.05, 0.1) is 5.52 Å². The molecule has 6 heteroatoms. The van der Waals surface area contributed by atoms with Gasteiger partial charge < -0.3 is 10.1 Å². The van der Waals surface area contributed by atoms with E-state index in [1.165, 1.54) is 0 Å². The van der Waals surface area contributed by atoms with Crippen LogP contribution in [0.2, 0.25) is 0 Å². The van der Waals surface area contributed by atoms with Gasteiger partial charge >= 0.3 is 0 Å². The molecule has 0 spiro atoms. The first-order valence-corrected chi connectivity index (χ1v) is 10.9. The van der Waals surface area contributed by atoms with E-state index >= 15 is 0 Å². The van der Waals surface area contributed by atoms with E-state index in [1.54, 1.807) is 12.4 Å². The van der Waals surface area contributed by atoms with E-state index in [1.807, 2.05) is 84.9 Å². The van der Waals surface area contributed by atoms with E-state index in [4.69, 9.17) is 4.74 Å². The average Bonchev–Trinajstić information content (AvgIpc) is 2.91. The van der Waals surface area contributed by atoms with Crippen LogP contribution in [0.15, 0.2) is 109 Å². The van der Waals surface area contributed by atoms with Crippen molar-refractivity contribution in [2.24, 2.45) is 0 Å². The molecule has 0 bridgehead atoms. The monoisotopic (exact) mass is 441 g/mol. The molecule has 0 aliphatic rings. The molecular weight excluding hydrogens is 422 g/mol. The van der Waals surface area contributed by atoms with Gasteiger partial charge in [0.2, 0.25) is 0 Å². The fourth-order valence-corrected chi connectivity index (χ4v) is 3.91. The summed E-state index contributed by atoms with van der Waals surface area (Å²) in [4.78, 5) is 8.72. The van der Waals surface area contributed by atoms with E-state index in [2.05, 4.69) is 37.6 Å². The third kappa shape index (κ3) is 3.78. The summed E-state index contributed by atoms with van der Waals surface area (Å²) >= 11 is 0. The lowest BCUT2D eigenvalue weighted by atomic mass is 10.0. The van der Waals surface area contributed by atoms with Crippen molar-refractivity contribution in [1.29, 1.82) is 0 Å². The lowest BCUT2D eigenvalue weighted by Gasteiger charge is -2.12. The standard InChI is InChI=1S/C28H19N5O/c1-2-7-19(8-3-1)26-22-9-4-5-10-23(22)28(33-32-26)31-20-12-14-21(15-13-20)34-25-16-18-29-24-11-6-17-30-27(24)25/h1-18H,(H,31,33). The Morgan fingerprint density at radius 3 is 2.26 bits per heavy atom. The van der Waals surface area contributed by atoms with Crippen LogP contribution in [0.25, 0.3) is 33.1 Å². The maximum Gasteiger partial charge on any atom is 0.161 e. The molecule has 34 heavy (non-hydrogen) atoms. The Kier molecular flexibility index (Phi) is 5.01. The van der Waals surface area contributed by atoms with Crippen molar-refractivity contribution >= 4 is 33.3 Å². The first kappa shape index (κ1) is 19.8. The van der Waals surface area contributed by atoms with E-state index in [0.29, 0.717) is 17.3 Å². The van der Waals surface area contributed by atoms with Crippen LogP contribution in [-0.4, -0.2) is 20.2 Å². The number of fused-ring (bicyclic) bond motifs is 2. The Morgan fingerprint density at radius 2 is 1.41 bits per heavy atom. The van der Waals surface area contributed by atoms with E-state index < -0.39 is 0 Å². The summed E-state index contributed by atoms with van der Waals surface area (Å²) in [6, 6.07) is 31.6. The normalized spacial score (nSPS) is 10.9. The maximum absolute atomic E-state index is 6.07. The van der Waals surface area contributed by atoms with Gasteiger partial charge in [-0.2, -0.15) is 0 Å². The molecule has 3 heterocycles. The summed E-state index contributed by atoms with van der Waals surface area (Å²) in [6.07, 6.45) is 3.45. The number of hydrogen-bond acceptors (Lipinski definition) is 6. The van der Waals surface area contributed by atoms with Gasteiger partial charge in [-0.15, -0.1) is 10.2 Å². The number of pyridine rings is 2. The Bertz CT molecular complexity index is 1600. The minimum Gasteiger partial charge on any atom is -0.455 e.